The molecule has 3 amide bonds. The number of aromatic nitrogens is 1. The summed E-state index contributed by atoms with van der Waals surface area (Å²) < 4.78 is 4.86. The zero-order valence-electron chi connectivity index (χ0n) is 10.2. The standard InChI is InChI=1S/C11H16N4O3/c1-7-6-9(14-18-7)13-11(17)15-4-2-8(3-5-15)10(12)16/h6,8H,2-5H2,1H3,(H2,12,16)(H,13,14,17). The SMILES string of the molecule is Cc1cc(NC(=O)N2CCC(C(N)=O)CC2)no1. The second kappa shape index (κ2) is 5.07. The van der Waals surface area contributed by atoms with Gasteiger partial charge in [0.05, 0.1) is 0 Å². The average molecular weight is 252 g/mol. The van der Waals surface area contributed by atoms with E-state index in [1.165, 1.54) is 0 Å². The predicted octanol–water partition coefficient (Wildman–Crippen LogP) is 0.712. The number of nitrogens with two attached hydrogens (primary N) is 1. The average Bonchev–Trinajstić information content (AvgIpc) is 2.75. The number of piperidine rings is 1. The van der Waals surface area contributed by atoms with Gasteiger partial charge in [0.25, 0.3) is 0 Å². The Bertz CT molecular complexity index is 449. The Morgan fingerprint density at radius 3 is 2.67 bits per heavy atom. The summed E-state index contributed by atoms with van der Waals surface area (Å²) in [6.45, 7) is 2.80. The molecular weight excluding hydrogens is 236 g/mol. The Kier molecular flexibility index (Phi) is 3.50. The number of urea groups is 1. The molecule has 0 spiro atoms. The Morgan fingerprint density at radius 2 is 2.17 bits per heavy atom. The molecule has 18 heavy (non-hydrogen) atoms. The molecule has 3 N–H and O–H groups in total. The van der Waals surface area contributed by atoms with Crippen LogP contribution in [0.5, 0.6) is 0 Å². The number of carbonyl (C=O) groups is 2. The van der Waals surface area contributed by atoms with Gasteiger partial charge < -0.3 is 15.2 Å². The van der Waals surface area contributed by atoms with E-state index >= 15 is 0 Å². The number of nitrogens with one attached hydrogen (secondary N) is 1. The fraction of sp³-hybridized carbons (Fsp3) is 0.545. The van der Waals surface area contributed by atoms with Crippen LogP contribution in [0.1, 0.15) is 18.6 Å². The molecule has 0 aliphatic carbocycles. The molecule has 0 radical (unpaired) electrons. The van der Waals surface area contributed by atoms with Gasteiger partial charge in [-0.25, -0.2) is 4.79 Å². The molecule has 2 rings (SSSR count). The van der Waals surface area contributed by atoms with Gasteiger partial charge in [0.15, 0.2) is 5.82 Å². The van der Waals surface area contributed by atoms with Gasteiger partial charge in [-0.2, -0.15) is 0 Å². The number of likely N-dealkylation sites (tertiary alicyclic amines) is 1. The number of primary amides is 1. The molecule has 1 aromatic rings. The molecular formula is C11H16N4O3. The van der Waals surface area contributed by atoms with Crippen LogP contribution in [0, 0.1) is 12.8 Å². The van der Waals surface area contributed by atoms with E-state index in [0.29, 0.717) is 37.5 Å². The zero-order valence-corrected chi connectivity index (χ0v) is 10.2. The third-order valence-electron chi connectivity index (χ3n) is 3.05. The van der Waals surface area contributed by atoms with Gasteiger partial charge in [0.1, 0.15) is 5.76 Å². The van der Waals surface area contributed by atoms with Crippen LogP contribution < -0.4 is 11.1 Å². The van der Waals surface area contributed by atoms with E-state index in [0.717, 1.165) is 0 Å². The molecule has 0 aromatic carbocycles. The van der Waals surface area contributed by atoms with Gasteiger partial charge in [-0.05, 0) is 19.8 Å². The first-order valence-electron chi connectivity index (χ1n) is 5.85. The van der Waals surface area contributed by atoms with Gasteiger partial charge in [-0.1, -0.05) is 5.16 Å². The second-order valence-corrected chi connectivity index (χ2v) is 4.42. The molecule has 1 aliphatic rings. The van der Waals surface area contributed by atoms with Gasteiger partial charge >= 0.3 is 6.03 Å². The van der Waals surface area contributed by atoms with E-state index in [1.54, 1.807) is 17.9 Å². The minimum atomic E-state index is -0.290. The molecule has 7 heteroatoms. The first kappa shape index (κ1) is 12.4. The van der Waals surface area contributed by atoms with Crippen LogP contribution in [0.2, 0.25) is 0 Å². The normalized spacial score (nSPS) is 16.6. The van der Waals surface area contributed by atoms with Crippen molar-refractivity contribution >= 4 is 17.8 Å². The minimum Gasteiger partial charge on any atom is -0.369 e. The number of hydrogen-bond donors (Lipinski definition) is 2. The summed E-state index contributed by atoms with van der Waals surface area (Å²) in [4.78, 5) is 24.5. The monoisotopic (exact) mass is 252 g/mol. The van der Waals surface area contributed by atoms with Gasteiger partial charge in [-0.15, -0.1) is 0 Å². The van der Waals surface area contributed by atoms with Crippen LogP contribution in [0.3, 0.4) is 0 Å². The summed E-state index contributed by atoms with van der Waals surface area (Å²) in [6, 6.07) is 1.42. The van der Waals surface area contributed by atoms with Crippen LogP contribution in [0.15, 0.2) is 10.6 Å². The summed E-state index contributed by atoms with van der Waals surface area (Å²) >= 11 is 0. The van der Waals surface area contributed by atoms with E-state index < -0.39 is 0 Å². The highest BCUT2D eigenvalue weighted by atomic mass is 16.5. The topological polar surface area (TPSA) is 101 Å². The summed E-state index contributed by atoms with van der Waals surface area (Å²) in [5, 5.41) is 6.33. The highest BCUT2D eigenvalue weighted by Gasteiger charge is 2.26. The Labute approximate surface area is 104 Å². The van der Waals surface area contributed by atoms with Crippen LogP contribution >= 0.6 is 0 Å². The summed E-state index contributed by atoms with van der Waals surface area (Å²) in [6.07, 6.45) is 1.22. The molecule has 0 bridgehead atoms. The third kappa shape index (κ3) is 2.79. The summed E-state index contributed by atoms with van der Waals surface area (Å²) in [5.41, 5.74) is 5.23. The lowest BCUT2D eigenvalue weighted by Crippen LogP contribution is -2.43. The molecule has 1 aromatic heterocycles. The first-order valence-corrected chi connectivity index (χ1v) is 5.85. The number of amides is 3. The maximum Gasteiger partial charge on any atom is 0.323 e. The molecule has 1 fully saturated rings. The quantitative estimate of drug-likeness (QED) is 0.809. The number of aryl methyl sites for hydroxylation is 1. The maximum absolute atomic E-state index is 11.9. The number of carbonyl (C=O) groups excluding carboxylic acids is 2. The minimum absolute atomic E-state index is 0.122. The molecule has 0 unspecified atom stereocenters. The van der Waals surface area contributed by atoms with Crippen molar-refractivity contribution < 1.29 is 14.1 Å². The van der Waals surface area contributed by atoms with Crippen molar-refractivity contribution in [3.8, 4) is 0 Å². The summed E-state index contributed by atoms with van der Waals surface area (Å²) in [7, 11) is 0. The Hall–Kier alpha value is -2.05. The van der Waals surface area contributed by atoms with E-state index in [-0.39, 0.29) is 17.9 Å². The lowest BCUT2D eigenvalue weighted by atomic mass is 9.96. The maximum atomic E-state index is 11.9. The van der Waals surface area contributed by atoms with Crippen LogP contribution in [-0.4, -0.2) is 35.1 Å². The molecule has 0 atom stereocenters. The van der Waals surface area contributed by atoms with Crippen molar-refractivity contribution in [3.05, 3.63) is 11.8 Å². The van der Waals surface area contributed by atoms with Gasteiger partial charge in [0.2, 0.25) is 5.91 Å². The van der Waals surface area contributed by atoms with Crippen molar-refractivity contribution in [1.82, 2.24) is 10.1 Å². The van der Waals surface area contributed by atoms with Crippen molar-refractivity contribution in [1.29, 1.82) is 0 Å². The zero-order chi connectivity index (χ0) is 13.1. The van der Waals surface area contributed by atoms with E-state index in [1.807, 2.05) is 0 Å². The molecule has 98 valence electrons. The van der Waals surface area contributed by atoms with Crippen LogP contribution in [0.25, 0.3) is 0 Å². The number of nitrogens with zero attached hydrogens (tertiary/aromatic N) is 2. The number of rotatable bonds is 2. The Morgan fingerprint density at radius 1 is 1.50 bits per heavy atom. The van der Waals surface area contributed by atoms with Crippen molar-refractivity contribution in [2.24, 2.45) is 11.7 Å². The van der Waals surface area contributed by atoms with Gasteiger partial charge in [0, 0.05) is 25.1 Å². The first-order chi connectivity index (χ1) is 8.56. The fourth-order valence-electron chi connectivity index (χ4n) is 1.98. The van der Waals surface area contributed by atoms with Crippen LogP contribution in [0.4, 0.5) is 10.6 Å². The van der Waals surface area contributed by atoms with Crippen molar-refractivity contribution in [3.63, 3.8) is 0 Å². The van der Waals surface area contributed by atoms with Gasteiger partial charge in [-0.3, -0.25) is 10.1 Å². The Balaban J connectivity index is 1.86. The fourth-order valence-corrected chi connectivity index (χ4v) is 1.98. The molecule has 1 saturated heterocycles. The number of anilines is 1. The van der Waals surface area contributed by atoms with E-state index in [2.05, 4.69) is 10.5 Å². The van der Waals surface area contributed by atoms with E-state index in [4.69, 9.17) is 10.3 Å². The second-order valence-electron chi connectivity index (χ2n) is 4.42. The lowest BCUT2D eigenvalue weighted by Gasteiger charge is -2.30. The molecule has 0 saturated carbocycles. The van der Waals surface area contributed by atoms with Crippen molar-refractivity contribution in [2.45, 2.75) is 19.8 Å². The molecule has 2 heterocycles. The smallest absolute Gasteiger partial charge is 0.323 e. The summed E-state index contributed by atoms with van der Waals surface area (Å²) in [5.74, 6) is 0.623. The molecule has 7 nitrogen and oxygen atoms in total. The largest absolute Gasteiger partial charge is 0.369 e. The predicted molar refractivity (Wildman–Crippen MR) is 63.8 cm³/mol. The van der Waals surface area contributed by atoms with Crippen LogP contribution in [-0.2, 0) is 4.79 Å². The highest BCUT2D eigenvalue weighted by Crippen LogP contribution is 2.17. The highest BCUT2D eigenvalue weighted by molar-refractivity contribution is 5.88. The van der Waals surface area contributed by atoms with E-state index in [9.17, 15) is 9.59 Å². The van der Waals surface area contributed by atoms with Crippen molar-refractivity contribution in [2.75, 3.05) is 18.4 Å². The number of hydrogen-bond acceptors (Lipinski definition) is 4. The third-order valence-corrected chi connectivity index (χ3v) is 3.05. The lowest BCUT2D eigenvalue weighted by molar-refractivity contribution is -0.122. The molecule has 1 aliphatic heterocycles.